The van der Waals surface area contributed by atoms with E-state index in [4.69, 9.17) is 4.98 Å². The lowest BCUT2D eigenvalue weighted by atomic mass is 9.74. The zero-order valence-electron chi connectivity index (χ0n) is 28.9. The second-order valence-corrected chi connectivity index (χ2v) is 14.8. The van der Waals surface area contributed by atoms with Crippen molar-refractivity contribution in [2.45, 2.75) is 83.3 Å². The van der Waals surface area contributed by atoms with E-state index in [1.54, 1.807) is 25.1 Å². The third kappa shape index (κ3) is 5.06. The number of fused-ring (bicyclic) bond motifs is 3. The van der Waals surface area contributed by atoms with Gasteiger partial charge in [-0.3, -0.25) is 9.59 Å². The molecule has 4 aliphatic rings. The van der Waals surface area contributed by atoms with Crippen molar-refractivity contribution >= 4 is 46.0 Å². The molecule has 50 heavy (non-hydrogen) atoms. The van der Waals surface area contributed by atoms with Crippen LogP contribution in [0.25, 0.3) is 22.3 Å². The first kappa shape index (κ1) is 32.4. The number of halogens is 1. The van der Waals surface area contributed by atoms with Crippen LogP contribution in [0.4, 0.5) is 21.6 Å². The Morgan fingerprint density at radius 3 is 2.46 bits per heavy atom. The summed E-state index contributed by atoms with van der Waals surface area (Å²) in [5, 5.41) is 12.8. The number of aromatic nitrogens is 3. The number of rotatable bonds is 7. The van der Waals surface area contributed by atoms with E-state index in [1.165, 1.54) is 31.4 Å². The summed E-state index contributed by atoms with van der Waals surface area (Å²) >= 11 is 0. The average Bonchev–Trinajstić information content (AvgIpc) is 3.58. The van der Waals surface area contributed by atoms with Gasteiger partial charge in [-0.05, 0) is 94.9 Å². The molecule has 0 unspecified atom stereocenters. The molecule has 2 N–H and O–H groups in total. The second-order valence-electron chi connectivity index (χ2n) is 14.8. The molecule has 1 saturated carbocycles. The highest BCUT2D eigenvalue weighted by molar-refractivity contribution is 6.11. The third-order valence-electron chi connectivity index (χ3n) is 11.3. The molecule has 1 aliphatic carbocycles. The van der Waals surface area contributed by atoms with Gasteiger partial charge in [0, 0.05) is 49.4 Å². The number of carbonyl (C=O) groups excluding carboxylic acids is 2. The van der Waals surface area contributed by atoms with Crippen LogP contribution in [0.15, 0.2) is 42.7 Å². The number of carboxylic acid groups (broad SMARTS) is 1. The van der Waals surface area contributed by atoms with E-state index < -0.39 is 17.2 Å². The summed E-state index contributed by atoms with van der Waals surface area (Å²) < 4.78 is 17.2. The number of likely N-dealkylation sites (tertiary alicyclic amines) is 2. The molecular weight excluding hydrogens is 637 g/mol. The van der Waals surface area contributed by atoms with Crippen LogP contribution in [0.5, 0.6) is 0 Å². The summed E-state index contributed by atoms with van der Waals surface area (Å²) in [6.45, 7) is 10.1. The van der Waals surface area contributed by atoms with E-state index in [0.717, 1.165) is 42.7 Å². The molecule has 2 amide bonds. The highest BCUT2D eigenvalue weighted by Gasteiger charge is 2.61. The number of hydrogen-bond donors (Lipinski definition) is 2. The Bertz CT molecular complexity index is 2060. The Morgan fingerprint density at radius 1 is 1.04 bits per heavy atom. The van der Waals surface area contributed by atoms with Crippen molar-refractivity contribution in [2.75, 3.05) is 36.4 Å². The number of carboxylic acids is 1. The highest BCUT2D eigenvalue weighted by atomic mass is 19.1. The molecular formula is C38H42FN7O4. The van der Waals surface area contributed by atoms with Crippen molar-refractivity contribution in [3.05, 3.63) is 65.2 Å². The standard InChI is InChI=1S/C38H42FN7O4/c1-21(2)45-20-40-32-17-30(41-35(34(32)45)42-31-16-27(36(48)49)22(3)12-29(31)39)24-8-9-28-33(13-24)46(37(50)38(28)18-44(19-38)23(4)47)26-14-25(15-26)43-10-6-5-7-11-43/h8-9,12-13,16-17,20-21,25-26H,5-7,10-11,14-15,18-19H2,1-4H3,(H,41,42)(H,48,49)/t25-,26+. The summed E-state index contributed by atoms with van der Waals surface area (Å²) in [4.78, 5) is 54.5. The van der Waals surface area contributed by atoms with Gasteiger partial charge in [-0.15, -0.1) is 0 Å². The first-order valence-electron chi connectivity index (χ1n) is 17.6. The number of nitrogens with zero attached hydrogens (tertiary/aromatic N) is 6. The number of aryl methyl sites for hydroxylation is 1. The van der Waals surface area contributed by atoms with Crippen molar-refractivity contribution in [3.8, 4) is 11.3 Å². The van der Waals surface area contributed by atoms with Gasteiger partial charge in [0.1, 0.15) is 16.7 Å². The van der Waals surface area contributed by atoms with Crippen molar-refractivity contribution in [1.82, 2.24) is 24.3 Å². The van der Waals surface area contributed by atoms with Crippen LogP contribution in [-0.4, -0.2) is 85.5 Å². The molecule has 12 heteroatoms. The number of amides is 2. The summed E-state index contributed by atoms with van der Waals surface area (Å²) in [7, 11) is 0. The number of benzene rings is 2. The minimum Gasteiger partial charge on any atom is -0.478 e. The Labute approximate surface area is 290 Å². The molecule has 2 saturated heterocycles. The molecule has 0 radical (unpaired) electrons. The molecule has 260 valence electrons. The lowest BCUT2D eigenvalue weighted by Gasteiger charge is -2.50. The van der Waals surface area contributed by atoms with Gasteiger partial charge < -0.3 is 29.7 Å². The fourth-order valence-electron chi connectivity index (χ4n) is 8.41. The second kappa shape index (κ2) is 11.9. The number of hydrogen-bond acceptors (Lipinski definition) is 7. The third-order valence-corrected chi connectivity index (χ3v) is 11.3. The van der Waals surface area contributed by atoms with E-state index in [9.17, 15) is 19.5 Å². The van der Waals surface area contributed by atoms with Gasteiger partial charge >= 0.3 is 5.97 Å². The molecule has 2 aromatic carbocycles. The fourth-order valence-corrected chi connectivity index (χ4v) is 8.41. The largest absolute Gasteiger partial charge is 0.478 e. The minimum absolute atomic E-state index is 0.00336. The van der Waals surface area contributed by atoms with Gasteiger partial charge in [0.2, 0.25) is 11.8 Å². The summed E-state index contributed by atoms with van der Waals surface area (Å²) in [5.41, 5.74) is 4.01. The van der Waals surface area contributed by atoms with Crippen LogP contribution in [-0.2, 0) is 15.0 Å². The van der Waals surface area contributed by atoms with E-state index in [-0.39, 0.29) is 35.1 Å². The van der Waals surface area contributed by atoms with Crippen LogP contribution < -0.4 is 10.2 Å². The molecule has 3 aliphatic heterocycles. The number of aromatic carboxylic acids is 1. The monoisotopic (exact) mass is 679 g/mol. The molecule has 3 fully saturated rings. The average molecular weight is 680 g/mol. The van der Waals surface area contributed by atoms with Crippen LogP contribution in [0.1, 0.15) is 80.4 Å². The molecule has 2 aromatic heterocycles. The topological polar surface area (TPSA) is 124 Å². The van der Waals surface area contributed by atoms with Crippen LogP contribution in [0.2, 0.25) is 0 Å². The van der Waals surface area contributed by atoms with E-state index in [2.05, 4.69) is 15.2 Å². The Balaban J connectivity index is 1.20. The number of nitrogens with one attached hydrogen (secondary N) is 1. The number of piperidine rings is 1. The minimum atomic E-state index is -1.15. The molecule has 0 atom stereocenters. The van der Waals surface area contributed by atoms with Crippen LogP contribution >= 0.6 is 0 Å². The molecule has 4 aromatic rings. The SMILES string of the molecule is CC(=O)N1CC2(C1)C(=O)N([C@H]1C[C@@H](N3CCCCC3)C1)c1cc(-c3cc4ncn(C(C)C)c4c(Nc4cc(C(=O)O)c(C)cc4F)n3)ccc12. The fraction of sp³-hybridized carbons (Fsp3) is 0.447. The van der Waals surface area contributed by atoms with Gasteiger partial charge in [-0.25, -0.2) is 19.2 Å². The van der Waals surface area contributed by atoms with Gasteiger partial charge in [0.05, 0.1) is 28.8 Å². The summed E-state index contributed by atoms with van der Waals surface area (Å²) in [6, 6.07) is 11.0. The zero-order valence-corrected chi connectivity index (χ0v) is 28.9. The van der Waals surface area contributed by atoms with Gasteiger partial charge in [0.25, 0.3) is 0 Å². The predicted molar refractivity (Wildman–Crippen MR) is 188 cm³/mol. The van der Waals surface area contributed by atoms with Crippen molar-refractivity contribution in [3.63, 3.8) is 0 Å². The maximum absolute atomic E-state index is 15.3. The Morgan fingerprint density at radius 2 is 1.78 bits per heavy atom. The smallest absolute Gasteiger partial charge is 0.336 e. The summed E-state index contributed by atoms with van der Waals surface area (Å²) in [5.74, 6) is -1.37. The molecule has 5 heterocycles. The molecule has 1 spiro atoms. The number of imidazole rings is 1. The number of anilines is 3. The Hall–Kier alpha value is -4.84. The Kier molecular flexibility index (Phi) is 7.70. The lowest BCUT2D eigenvalue weighted by Crippen LogP contribution is -2.66. The van der Waals surface area contributed by atoms with E-state index in [1.807, 2.05) is 47.6 Å². The van der Waals surface area contributed by atoms with E-state index >= 15 is 4.39 Å². The van der Waals surface area contributed by atoms with Gasteiger partial charge in [0.15, 0.2) is 5.82 Å². The highest BCUT2D eigenvalue weighted by Crippen LogP contribution is 2.51. The number of pyridine rings is 1. The van der Waals surface area contributed by atoms with Gasteiger partial charge in [-0.1, -0.05) is 18.6 Å². The molecule has 0 bridgehead atoms. The molecule has 8 rings (SSSR count). The lowest BCUT2D eigenvalue weighted by molar-refractivity contribution is -0.142. The van der Waals surface area contributed by atoms with Crippen molar-refractivity contribution in [2.24, 2.45) is 0 Å². The first-order chi connectivity index (χ1) is 23.9. The van der Waals surface area contributed by atoms with Crippen molar-refractivity contribution < 1.29 is 23.9 Å². The summed E-state index contributed by atoms with van der Waals surface area (Å²) in [6.07, 6.45) is 7.29. The maximum Gasteiger partial charge on any atom is 0.336 e. The van der Waals surface area contributed by atoms with Gasteiger partial charge in [-0.2, -0.15) is 0 Å². The molecule has 11 nitrogen and oxygen atoms in total. The van der Waals surface area contributed by atoms with Crippen LogP contribution in [0, 0.1) is 12.7 Å². The quantitative estimate of drug-likeness (QED) is 0.243. The predicted octanol–water partition coefficient (Wildman–Crippen LogP) is 6.03. The van der Waals surface area contributed by atoms with Crippen LogP contribution in [0.3, 0.4) is 0 Å². The zero-order chi connectivity index (χ0) is 35.1. The maximum atomic E-state index is 15.3. The normalized spacial score (nSPS) is 21.4. The van der Waals surface area contributed by atoms with Crippen molar-refractivity contribution in [1.29, 1.82) is 0 Å². The first-order valence-corrected chi connectivity index (χ1v) is 17.6. The number of carbonyl (C=O) groups is 3. The van der Waals surface area contributed by atoms with E-state index in [0.29, 0.717) is 47.2 Å².